The molecule has 1 N–H and O–H groups in total. The molecule has 0 saturated carbocycles. The topological polar surface area (TPSA) is 92.6 Å². The highest BCUT2D eigenvalue weighted by Crippen LogP contribution is 2.20. The summed E-state index contributed by atoms with van der Waals surface area (Å²) in [6, 6.07) is 10.2. The lowest BCUT2D eigenvalue weighted by molar-refractivity contribution is 0.0443. The van der Waals surface area contributed by atoms with Crippen molar-refractivity contribution in [1.29, 1.82) is 0 Å². The number of esters is 1. The van der Waals surface area contributed by atoms with Crippen LogP contribution >= 0.6 is 0 Å². The van der Waals surface area contributed by atoms with Gasteiger partial charge < -0.3 is 14.1 Å². The SMILES string of the molecule is CN(C)S(=O)(=O)c1ccc(COC(=O)c2c[nH]c3ccccc23)o1. The quantitative estimate of drug-likeness (QED) is 0.715. The minimum Gasteiger partial charge on any atom is -0.454 e. The zero-order valence-corrected chi connectivity index (χ0v) is 14.0. The number of fused-ring (bicyclic) bond motifs is 1. The van der Waals surface area contributed by atoms with E-state index in [0.717, 1.165) is 15.2 Å². The summed E-state index contributed by atoms with van der Waals surface area (Å²) in [5.74, 6) is -0.260. The first-order valence-electron chi connectivity index (χ1n) is 7.14. The van der Waals surface area contributed by atoms with Crippen molar-refractivity contribution < 1.29 is 22.4 Å². The molecule has 1 aromatic carbocycles. The van der Waals surface area contributed by atoms with E-state index in [1.807, 2.05) is 24.3 Å². The van der Waals surface area contributed by atoms with Gasteiger partial charge in [-0.25, -0.2) is 17.5 Å². The number of H-pyrrole nitrogens is 1. The Kier molecular flexibility index (Phi) is 4.16. The van der Waals surface area contributed by atoms with Crippen LogP contribution in [0.5, 0.6) is 0 Å². The first-order chi connectivity index (χ1) is 11.4. The Morgan fingerprint density at radius 1 is 1.21 bits per heavy atom. The number of aromatic nitrogens is 1. The van der Waals surface area contributed by atoms with Crippen molar-refractivity contribution in [3.63, 3.8) is 0 Å². The molecule has 3 rings (SSSR count). The number of ether oxygens (including phenoxy) is 1. The van der Waals surface area contributed by atoms with Crippen LogP contribution in [0, 0.1) is 0 Å². The van der Waals surface area contributed by atoms with Gasteiger partial charge in [-0.2, -0.15) is 0 Å². The Balaban J connectivity index is 1.72. The van der Waals surface area contributed by atoms with Crippen molar-refractivity contribution in [1.82, 2.24) is 9.29 Å². The lowest BCUT2D eigenvalue weighted by Gasteiger charge is -2.07. The van der Waals surface area contributed by atoms with E-state index in [1.54, 1.807) is 6.20 Å². The van der Waals surface area contributed by atoms with Gasteiger partial charge in [-0.3, -0.25) is 0 Å². The van der Waals surface area contributed by atoms with E-state index in [9.17, 15) is 13.2 Å². The molecule has 0 saturated heterocycles. The summed E-state index contributed by atoms with van der Waals surface area (Å²) < 4.78 is 35.4. The number of carbonyl (C=O) groups excluding carboxylic acids is 1. The van der Waals surface area contributed by atoms with Crippen molar-refractivity contribution in [2.75, 3.05) is 14.1 Å². The maximum atomic E-state index is 12.2. The predicted octanol–water partition coefficient (Wildman–Crippen LogP) is 2.37. The van der Waals surface area contributed by atoms with Gasteiger partial charge in [0.25, 0.3) is 10.0 Å². The molecular formula is C16H16N2O5S. The van der Waals surface area contributed by atoms with Crippen molar-refractivity contribution in [2.24, 2.45) is 0 Å². The molecule has 8 heteroatoms. The lowest BCUT2D eigenvalue weighted by Crippen LogP contribution is -2.21. The highest BCUT2D eigenvalue weighted by Gasteiger charge is 2.22. The fourth-order valence-electron chi connectivity index (χ4n) is 2.21. The van der Waals surface area contributed by atoms with Crippen LogP contribution in [-0.4, -0.2) is 37.8 Å². The van der Waals surface area contributed by atoms with E-state index in [0.29, 0.717) is 5.56 Å². The Labute approximate surface area is 138 Å². The first-order valence-corrected chi connectivity index (χ1v) is 8.58. The monoisotopic (exact) mass is 348 g/mol. The third kappa shape index (κ3) is 2.93. The fraction of sp³-hybridized carbons (Fsp3) is 0.188. The number of aromatic amines is 1. The fourth-order valence-corrected chi connectivity index (χ4v) is 3.02. The highest BCUT2D eigenvalue weighted by atomic mass is 32.2. The molecule has 0 aliphatic carbocycles. The number of hydrogen-bond donors (Lipinski definition) is 1. The van der Waals surface area contributed by atoms with Gasteiger partial charge in [-0.15, -0.1) is 0 Å². The molecule has 7 nitrogen and oxygen atoms in total. The van der Waals surface area contributed by atoms with Crippen molar-refractivity contribution in [2.45, 2.75) is 11.7 Å². The Morgan fingerprint density at radius 3 is 2.71 bits per heavy atom. The summed E-state index contributed by atoms with van der Waals surface area (Å²) in [5.41, 5.74) is 1.25. The second-order valence-corrected chi connectivity index (χ2v) is 7.42. The Morgan fingerprint density at radius 2 is 1.96 bits per heavy atom. The number of para-hydroxylation sites is 1. The van der Waals surface area contributed by atoms with Gasteiger partial charge in [0.15, 0.2) is 0 Å². The third-order valence-electron chi connectivity index (χ3n) is 3.53. The number of sulfonamides is 1. The predicted molar refractivity (Wildman–Crippen MR) is 87.0 cm³/mol. The number of furan rings is 1. The summed E-state index contributed by atoms with van der Waals surface area (Å²) >= 11 is 0. The van der Waals surface area contributed by atoms with E-state index in [2.05, 4.69) is 4.98 Å². The second kappa shape index (κ2) is 6.14. The number of rotatable bonds is 5. The third-order valence-corrected chi connectivity index (χ3v) is 5.22. The van der Waals surface area contributed by atoms with E-state index < -0.39 is 16.0 Å². The summed E-state index contributed by atoms with van der Waals surface area (Å²) in [4.78, 5) is 15.2. The maximum absolute atomic E-state index is 12.2. The van der Waals surface area contributed by atoms with Crippen LogP contribution in [-0.2, 0) is 21.4 Å². The van der Waals surface area contributed by atoms with Crippen molar-refractivity contribution in [3.8, 4) is 0 Å². The molecule has 0 amide bonds. The van der Waals surface area contributed by atoms with Crippen LogP contribution in [0.25, 0.3) is 10.9 Å². The highest BCUT2D eigenvalue weighted by molar-refractivity contribution is 7.88. The van der Waals surface area contributed by atoms with Crippen LogP contribution in [0.1, 0.15) is 16.1 Å². The standard InChI is InChI=1S/C16H16N2O5S/c1-18(2)24(20,21)15-8-7-11(23-15)10-22-16(19)13-9-17-14-6-4-3-5-12(13)14/h3-9,17H,10H2,1-2H3. The van der Waals surface area contributed by atoms with Crippen LogP contribution < -0.4 is 0 Å². The molecular weight excluding hydrogens is 332 g/mol. The lowest BCUT2D eigenvalue weighted by atomic mass is 10.2. The molecule has 0 unspecified atom stereocenters. The zero-order chi connectivity index (χ0) is 17.3. The van der Waals surface area contributed by atoms with Gasteiger partial charge in [-0.1, -0.05) is 18.2 Å². The number of benzene rings is 1. The molecule has 126 valence electrons. The average molecular weight is 348 g/mol. The molecule has 0 fully saturated rings. The minimum atomic E-state index is -3.65. The van der Waals surface area contributed by atoms with E-state index in [-0.39, 0.29) is 17.5 Å². The molecule has 2 aromatic heterocycles. The first kappa shape index (κ1) is 16.3. The van der Waals surface area contributed by atoms with Gasteiger partial charge >= 0.3 is 5.97 Å². The van der Waals surface area contributed by atoms with Crippen LogP contribution in [0.15, 0.2) is 52.1 Å². The summed E-state index contributed by atoms with van der Waals surface area (Å²) in [5, 5.41) is 0.573. The van der Waals surface area contributed by atoms with Crippen LogP contribution in [0.2, 0.25) is 0 Å². The van der Waals surface area contributed by atoms with E-state index in [1.165, 1.54) is 26.2 Å². The van der Waals surface area contributed by atoms with Crippen molar-refractivity contribution in [3.05, 3.63) is 53.9 Å². The van der Waals surface area contributed by atoms with Crippen LogP contribution in [0.4, 0.5) is 0 Å². The average Bonchev–Trinajstić information content (AvgIpc) is 3.19. The van der Waals surface area contributed by atoms with Crippen LogP contribution in [0.3, 0.4) is 0 Å². The maximum Gasteiger partial charge on any atom is 0.340 e. The zero-order valence-electron chi connectivity index (χ0n) is 13.1. The van der Waals surface area contributed by atoms with Gasteiger partial charge in [0.2, 0.25) is 5.09 Å². The molecule has 3 aromatic rings. The molecule has 0 aliphatic heterocycles. The largest absolute Gasteiger partial charge is 0.454 e. The Bertz CT molecular complexity index is 985. The van der Waals surface area contributed by atoms with E-state index >= 15 is 0 Å². The van der Waals surface area contributed by atoms with Gasteiger partial charge in [0.1, 0.15) is 12.4 Å². The Hall–Kier alpha value is -2.58. The molecule has 2 heterocycles. The summed E-state index contributed by atoms with van der Waals surface area (Å²) in [6.45, 7) is -0.151. The number of nitrogens with zero attached hydrogens (tertiary/aromatic N) is 1. The summed E-state index contributed by atoms with van der Waals surface area (Å²) in [6.07, 6.45) is 1.58. The molecule has 24 heavy (non-hydrogen) atoms. The second-order valence-electron chi connectivity index (χ2n) is 5.33. The number of hydrogen-bond acceptors (Lipinski definition) is 5. The van der Waals surface area contributed by atoms with Gasteiger partial charge in [-0.05, 0) is 18.2 Å². The normalized spacial score (nSPS) is 12.0. The number of nitrogens with one attached hydrogen (secondary N) is 1. The van der Waals surface area contributed by atoms with Gasteiger partial charge in [0, 0.05) is 31.2 Å². The molecule has 0 atom stereocenters. The molecule has 0 aliphatic rings. The molecule has 0 bridgehead atoms. The number of carbonyl (C=O) groups is 1. The van der Waals surface area contributed by atoms with Gasteiger partial charge in [0.05, 0.1) is 5.56 Å². The summed E-state index contributed by atoms with van der Waals surface area (Å²) in [7, 11) is -0.823. The smallest absolute Gasteiger partial charge is 0.340 e. The van der Waals surface area contributed by atoms with Crippen molar-refractivity contribution >= 4 is 26.9 Å². The minimum absolute atomic E-state index is 0.151. The molecule has 0 spiro atoms. The van der Waals surface area contributed by atoms with E-state index in [4.69, 9.17) is 9.15 Å². The molecule has 0 radical (unpaired) electrons.